The molecule has 12 heavy (non-hydrogen) atoms. The molecule has 3 N–H and O–H groups in total. The van der Waals surface area contributed by atoms with Crippen LogP contribution in [0.3, 0.4) is 0 Å². The summed E-state index contributed by atoms with van der Waals surface area (Å²) < 4.78 is 24.2. The fraction of sp³-hybridized carbons (Fsp3) is 1.00. The molecule has 0 spiro atoms. The minimum Gasteiger partial charge on any atom is -0.344 e. The lowest BCUT2D eigenvalue weighted by molar-refractivity contribution is 0.342. The summed E-state index contributed by atoms with van der Waals surface area (Å²) in [6.07, 6.45) is 1.02. The van der Waals surface area contributed by atoms with Gasteiger partial charge in [-0.15, -0.1) is 0 Å². The van der Waals surface area contributed by atoms with E-state index in [9.17, 15) is 8.42 Å². The quantitative estimate of drug-likeness (QED) is 0.649. The van der Waals surface area contributed by atoms with Crippen LogP contribution in [0.15, 0.2) is 0 Å². The Bertz CT molecular complexity index is 163. The Kier molecular flexibility index (Phi) is 13.2. The molecule has 0 aromatic rings. The van der Waals surface area contributed by atoms with Crippen molar-refractivity contribution in [2.45, 2.75) is 6.92 Å². The van der Waals surface area contributed by atoms with Crippen LogP contribution in [0, 0.1) is 0 Å². The van der Waals surface area contributed by atoms with Gasteiger partial charge < -0.3 is 11.1 Å². The Morgan fingerprint density at radius 1 is 1.25 bits per heavy atom. The van der Waals surface area contributed by atoms with Gasteiger partial charge in [-0.1, -0.05) is 0 Å². The van der Waals surface area contributed by atoms with Crippen LogP contribution in [0.25, 0.3) is 0 Å². The monoisotopic (exact) mass is 200 g/mol. The molecule has 0 unspecified atom stereocenters. The third kappa shape index (κ3) is 52.2. The van der Waals surface area contributed by atoms with Crippen LogP contribution in [-0.4, -0.2) is 47.3 Å². The van der Waals surface area contributed by atoms with E-state index in [0.717, 1.165) is 6.26 Å². The van der Waals surface area contributed by atoms with E-state index < -0.39 is 10.1 Å². The van der Waals surface area contributed by atoms with Gasteiger partial charge in [0.25, 0.3) is 10.1 Å². The Labute approximate surface area is 75.4 Å². The molecule has 0 aromatic heterocycles. The molecule has 0 radical (unpaired) electrons. The van der Waals surface area contributed by atoms with Crippen LogP contribution in [0.4, 0.5) is 0 Å². The van der Waals surface area contributed by atoms with Crippen molar-refractivity contribution in [1.82, 2.24) is 11.1 Å². The highest BCUT2D eigenvalue weighted by Crippen LogP contribution is 1.81. The third-order valence-corrected chi connectivity index (χ3v) is 0.996. The first kappa shape index (κ1) is 17.8. The minimum atomic E-state index is -3.17. The van der Waals surface area contributed by atoms with E-state index in [1.165, 1.54) is 0 Å². The van der Waals surface area contributed by atoms with Crippen molar-refractivity contribution in [1.29, 1.82) is 0 Å². The number of hydrogen-bond acceptors (Lipinski definition) is 5. The van der Waals surface area contributed by atoms with Gasteiger partial charge in [-0.2, -0.15) is 8.42 Å². The highest BCUT2D eigenvalue weighted by Gasteiger charge is 1.94. The zero-order valence-corrected chi connectivity index (χ0v) is 9.31. The average Bonchev–Trinajstić information content (AvgIpc) is 1.58. The second kappa shape index (κ2) is 8.92. The van der Waals surface area contributed by atoms with Crippen molar-refractivity contribution >= 4 is 10.1 Å². The van der Waals surface area contributed by atoms with Crippen LogP contribution in [0.5, 0.6) is 0 Å². The maximum absolute atomic E-state index is 10.0. The van der Waals surface area contributed by atoms with E-state index in [-0.39, 0.29) is 12.8 Å². The van der Waals surface area contributed by atoms with E-state index in [0.29, 0.717) is 0 Å². The molecule has 0 amide bonds. The molecule has 0 aliphatic rings. The summed E-state index contributed by atoms with van der Waals surface area (Å²) in [6, 6.07) is 0. The minimum absolute atomic E-state index is 0. The standard InChI is InChI=1S/C3H9N.C3H8O3S.H3N/c1-4(2)3;1-3-6-7(2,4)5;/h1-3H3;3H2,1-2H3;1H3. The van der Waals surface area contributed by atoms with Crippen molar-refractivity contribution in [3.05, 3.63) is 0 Å². The van der Waals surface area contributed by atoms with E-state index in [1.807, 2.05) is 26.0 Å². The summed E-state index contributed by atoms with van der Waals surface area (Å²) in [4.78, 5) is 2.00. The van der Waals surface area contributed by atoms with Gasteiger partial charge in [0.05, 0.1) is 12.9 Å². The van der Waals surface area contributed by atoms with Gasteiger partial charge in [-0.05, 0) is 28.1 Å². The molecule has 0 atom stereocenters. The Morgan fingerprint density at radius 3 is 1.50 bits per heavy atom. The predicted molar refractivity (Wildman–Crippen MR) is 51.1 cm³/mol. The fourth-order valence-electron chi connectivity index (χ4n) is 0.214. The second-order valence-electron chi connectivity index (χ2n) is 2.45. The molecule has 0 rings (SSSR count). The largest absolute Gasteiger partial charge is 0.344 e. The first-order valence-corrected chi connectivity index (χ1v) is 5.06. The third-order valence-electron chi connectivity index (χ3n) is 0.332. The van der Waals surface area contributed by atoms with Gasteiger partial charge in [-0.3, -0.25) is 4.18 Å². The van der Waals surface area contributed by atoms with Gasteiger partial charge in [-0.25, -0.2) is 0 Å². The van der Waals surface area contributed by atoms with Crippen molar-refractivity contribution in [2.24, 2.45) is 0 Å². The van der Waals surface area contributed by atoms with Crippen LogP contribution in [-0.2, 0) is 14.3 Å². The SMILES string of the molecule is CCOS(C)(=O)=O.CN(C)C.N. The predicted octanol–water partition coefficient (Wildman–Crippen LogP) is 0.322. The molecule has 5 nitrogen and oxygen atoms in total. The molecule has 78 valence electrons. The molecule has 0 saturated carbocycles. The molecule has 0 aromatic carbocycles. The topological polar surface area (TPSA) is 81.6 Å². The van der Waals surface area contributed by atoms with E-state index in [4.69, 9.17) is 0 Å². The number of rotatable bonds is 2. The summed E-state index contributed by atoms with van der Waals surface area (Å²) >= 11 is 0. The van der Waals surface area contributed by atoms with Crippen LogP contribution < -0.4 is 6.15 Å². The molecule has 6 heteroatoms. The van der Waals surface area contributed by atoms with Gasteiger partial charge in [0, 0.05) is 0 Å². The maximum Gasteiger partial charge on any atom is 0.264 e. The molecule has 0 saturated heterocycles. The summed E-state index contributed by atoms with van der Waals surface area (Å²) in [5.41, 5.74) is 0. The Balaban J connectivity index is -0.000000142. The van der Waals surface area contributed by atoms with Crippen molar-refractivity contribution in [2.75, 3.05) is 34.0 Å². The Hall–Kier alpha value is -0.170. The lowest BCUT2D eigenvalue weighted by Crippen LogP contribution is -2.00. The van der Waals surface area contributed by atoms with Crippen molar-refractivity contribution in [3.63, 3.8) is 0 Å². The van der Waals surface area contributed by atoms with Crippen molar-refractivity contribution < 1.29 is 12.6 Å². The summed E-state index contributed by atoms with van der Waals surface area (Å²) in [7, 11) is 2.83. The Morgan fingerprint density at radius 2 is 1.50 bits per heavy atom. The first-order chi connectivity index (χ1) is 4.79. The molecular weight excluding hydrogens is 180 g/mol. The van der Waals surface area contributed by atoms with E-state index >= 15 is 0 Å². The lowest BCUT2D eigenvalue weighted by atomic mass is 10.9. The van der Waals surface area contributed by atoms with E-state index in [1.54, 1.807) is 6.92 Å². The molecule has 0 heterocycles. The first-order valence-electron chi connectivity index (χ1n) is 3.25. The normalized spacial score (nSPS) is 9.83. The maximum atomic E-state index is 10.0. The zero-order chi connectivity index (χ0) is 9.49. The van der Waals surface area contributed by atoms with Gasteiger partial charge in [0.1, 0.15) is 0 Å². The summed E-state index contributed by atoms with van der Waals surface area (Å²) in [6.45, 7) is 1.85. The smallest absolute Gasteiger partial charge is 0.264 e. The average molecular weight is 200 g/mol. The van der Waals surface area contributed by atoms with Crippen LogP contribution >= 0.6 is 0 Å². The number of nitrogens with zero attached hydrogens (tertiary/aromatic N) is 1. The zero-order valence-electron chi connectivity index (χ0n) is 8.49. The highest BCUT2D eigenvalue weighted by molar-refractivity contribution is 7.85. The highest BCUT2D eigenvalue weighted by atomic mass is 32.2. The van der Waals surface area contributed by atoms with Crippen LogP contribution in [0.2, 0.25) is 0 Å². The van der Waals surface area contributed by atoms with Gasteiger partial charge >= 0.3 is 0 Å². The molecule has 0 bridgehead atoms. The lowest BCUT2D eigenvalue weighted by Gasteiger charge is -1.90. The molecular formula is C6H20N2O3S. The second-order valence-corrected chi connectivity index (χ2v) is 4.10. The van der Waals surface area contributed by atoms with Gasteiger partial charge in [0.2, 0.25) is 0 Å². The molecule has 0 aliphatic carbocycles. The fourth-order valence-corrected chi connectivity index (χ4v) is 0.642. The van der Waals surface area contributed by atoms with Crippen molar-refractivity contribution in [3.8, 4) is 0 Å². The molecule has 0 aliphatic heterocycles. The molecule has 0 fully saturated rings. The number of hydrogen-bond donors (Lipinski definition) is 1. The van der Waals surface area contributed by atoms with E-state index in [2.05, 4.69) is 4.18 Å². The van der Waals surface area contributed by atoms with Crippen LogP contribution in [0.1, 0.15) is 6.92 Å². The summed E-state index contributed by atoms with van der Waals surface area (Å²) in [5, 5.41) is 0. The summed E-state index contributed by atoms with van der Waals surface area (Å²) in [5.74, 6) is 0. The van der Waals surface area contributed by atoms with Gasteiger partial charge in [0.15, 0.2) is 0 Å².